The summed E-state index contributed by atoms with van der Waals surface area (Å²) in [4.78, 5) is 27.1. The quantitative estimate of drug-likeness (QED) is 0.715. The van der Waals surface area contributed by atoms with Crippen LogP contribution in [0.1, 0.15) is 40.1 Å². The van der Waals surface area contributed by atoms with Crippen LogP contribution in [0.25, 0.3) is 0 Å². The first-order valence-corrected chi connectivity index (χ1v) is 13.0. The van der Waals surface area contributed by atoms with Crippen LogP contribution < -0.4 is 5.32 Å². The molecule has 2 amide bonds. The molecule has 2 heterocycles. The molecule has 166 valence electrons. The average molecular weight is 462 g/mol. The second-order valence-electron chi connectivity index (χ2n) is 7.91. The minimum Gasteiger partial charge on any atom is -0.351 e. The van der Waals surface area contributed by atoms with Crippen molar-refractivity contribution in [1.29, 1.82) is 0 Å². The zero-order valence-electron chi connectivity index (χ0n) is 17.4. The summed E-state index contributed by atoms with van der Waals surface area (Å²) in [6.07, 6.45) is 4.42. The summed E-state index contributed by atoms with van der Waals surface area (Å²) < 4.78 is 27.6. The summed E-state index contributed by atoms with van der Waals surface area (Å²) >= 11 is 1.36. The predicted molar refractivity (Wildman–Crippen MR) is 120 cm³/mol. The number of benzene rings is 1. The van der Waals surface area contributed by atoms with Gasteiger partial charge in [0.25, 0.3) is 5.91 Å². The van der Waals surface area contributed by atoms with Crippen molar-refractivity contribution in [1.82, 2.24) is 14.5 Å². The van der Waals surface area contributed by atoms with Crippen molar-refractivity contribution in [3.63, 3.8) is 0 Å². The summed E-state index contributed by atoms with van der Waals surface area (Å²) in [5.74, 6) is -0.249. The number of fused-ring (bicyclic) bond motifs is 1. The third kappa shape index (κ3) is 4.99. The van der Waals surface area contributed by atoms with E-state index < -0.39 is 10.0 Å². The highest BCUT2D eigenvalue weighted by atomic mass is 32.2. The monoisotopic (exact) mass is 461 g/mol. The van der Waals surface area contributed by atoms with Crippen molar-refractivity contribution < 1.29 is 18.0 Å². The molecular formula is C22H27N3O4S2. The van der Waals surface area contributed by atoms with E-state index in [0.717, 1.165) is 31.2 Å². The van der Waals surface area contributed by atoms with Gasteiger partial charge in [0.15, 0.2) is 0 Å². The minimum absolute atomic E-state index is 0.0719. The fourth-order valence-corrected chi connectivity index (χ4v) is 6.25. The van der Waals surface area contributed by atoms with Crippen LogP contribution in [0.3, 0.4) is 0 Å². The molecule has 7 nitrogen and oxygen atoms in total. The van der Waals surface area contributed by atoms with Crippen LogP contribution >= 0.6 is 11.3 Å². The predicted octanol–water partition coefficient (Wildman–Crippen LogP) is 2.28. The lowest BCUT2D eigenvalue weighted by atomic mass is 9.92. The number of nitrogens with zero attached hydrogens (tertiary/aromatic N) is 2. The lowest BCUT2D eigenvalue weighted by Crippen LogP contribution is -2.50. The van der Waals surface area contributed by atoms with Gasteiger partial charge in [-0.3, -0.25) is 9.59 Å². The Morgan fingerprint density at radius 3 is 2.45 bits per heavy atom. The van der Waals surface area contributed by atoms with E-state index in [-0.39, 0.29) is 37.9 Å². The molecule has 2 aromatic rings. The first kappa shape index (κ1) is 22.0. The van der Waals surface area contributed by atoms with Crippen molar-refractivity contribution in [3.8, 4) is 0 Å². The highest BCUT2D eigenvalue weighted by molar-refractivity contribution is 7.89. The Labute approximate surface area is 187 Å². The number of amides is 2. The molecule has 0 bridgehead atoms. The lowest BCUT2D eigenvalue weighted by Gasteiger charge is -2.34. The number of carbonyl (C=O) groups is 2. The molecule has 1 fully saturated rings. The number of aryl methyl sites for hydroxylation is 2. The van der Waals surface area contributed by atoms with E-state index >= 15 is 0 Å². The Balaban J connectivity index is 1.28. The number of rotatable bonds is 6. The molecule has 1 aromatic heterocycles. The van der Waals surface area contributed by atoms with Gasteiger partial charge >= 0.3 is 0 Å². The first-order valence-electron chi connectivity index (χ1n) is 10.7. The minimum atomic E-state index is -3.56. The summed E-state index contributed by atoms with van der Waals surface area (Å²) in [5, 5.41) is 4.58. The number of hydrogen-bond acceptors (Lipinski definition) is 5. The molecule has 1 aliphatic heterocycles. The highest BCUT2D eigenvalue weighted by Crippen LogP contribution is 2.26. The maximum atomic E-state index is 13.1. The molecular weight excluding hydrogens is 434 g/mol. The molecule has 1 saturated heterocycles. The smallest absolute Gasteiger partial charge is 0.261 e. The maximum absolute atomic E-state index is 13.1. The Kier molecular flexibility index (Phi) is 6.74. The first-order chi connectivity index (χ1) is 14.9. The standard InChI is InChI=1S/C22H27N3O4S2/c26-21(9-10-23-22(27)20-6-3-15-30-20)24-11-13-25(14-12-24)31(28,29)19-8-7-17-4-1-2-5-18(17)16-19/h3,6-8,15-16H,1-2,4-5,9-14H2,(H,23,27). The van der Waals surface area contributed by atoms with Gasteiger partial charge in [0.2, 0.25) is 15.9 Å². The SMILES string of the molecule is O=C(NCCC(=O)N1CCN(S(=O)(=O)c2ccc3c(c2)CCCC3)CC1)c1cccs1. The summed E-state index contributed by atoms with van der Waals surface area (Å²) in [6, 6.07) is 9.04. The zero-order chi connectivity index (χ0) is 21.8. The van der Waals surface area contributed by atoms with E-state index in [1.165, 1.54) is 21.2 Å². The number of hydrogen-bond donors (Lipinski definition) is 1. The van der Waals surface area contributed by atoms with E-state index in [1.54, 1.807) is 17.0 Å². The Hall–Kier alpha value is -2.23. The molecule has 1 aromatic carbocycles. The van der Waals surface area contributed by atoms with Crippen molar-refractivity contribution in [2.24, 2.45) is 0 Å². The van der Waals surface area contributed by atoms with Crippen molar-refractivity contribution in [2.45, 2.75) is 37.0 Å². The van der Waals surface area contributed by atoms with E-state index in [2.05, 4.69) is 5.32 Å². The fourth-order valence-electron chi connectivity index (χ4n) is 4.13. The third-order valence-corrected chi connectivity index (χ3v) is 8.68. The summed E-state index contributed by atoms with van der Waals surface area (Å²) in [5.41, 5.74) is 2.40. The van der Waals surface area contributed by atoms with Gasteiger partial charge in [-0.1, -0.05) is 12.1 Å². The summed E-state index contributed by atoms with van der Waals surface area (Å²) in [6.45, 7) is 1.56. The number of nitrogens with one attached hydrogen (secondary N) is 1. The van der Waals surface area contributed by atoms with Crippen LogP contribution in [0.2, 0.25) is 0 Å². The molecule has 1 N–H and O–H groups in total. The topological polar surface area (TPSA) is 86.8 Å². The van der Waals surface area contributed by atoms with E-state index in [9.17, 15) is 18.0 Å². The van der Waals surface area contributed by atoms with Gasteiger partial charge in [0.1, 0.15) is 0 Å². The van der Waals surface area contributed by atoms with E-state index in [0.29, 0.717) is 22.9 Å². The van der Waals surface area contributed by atoms with Crippen LogP contribution in [0.15, 0.2) is 40.6 Å². The molecule has 0 atom stereocenters. The van der Waals surface area contributed by atoms with Crippen molar-refractivity contribution in [3.05, 3.63) is 51.7 Å². The number of piperazine rings is 1. The van der Waals surface area contributed by atoms with Gasteiger partial charge in [-0.2, -0.15) is 4.31 Å². The second kappa shape index (κ2) is 9.50. The molecule has 31 heavy (non-hydrogen) atoms. The molecule has 0 unspecified atom stereocenters. The largest absolute Gasteiger partial charge is 0.351 e. The van der Waals surface area contributed by atoms with Crippen LogP contribution in [0.5, 0.6) is 0 Å². The Morgan fingerprint density at radius 2 is 1.74 bits per heavy atom. The fraction of sp³-hybridized carbons (Fsp3) is 0.455. The number of thiophene rings is 1. The van der Waals surface area contributed by atoms with Crippen LogP contribution in [-0.4, -0.2) is 62.2 Å². The second-order valence-corrected chi connectivity index (χ2v) is 10.8. The Bertz CT molecular complexity index is 1040. The Morgan fingerprint density at radius 1 is 1.00 bits per heavy atom. The molecule has 0 spiro atoms. The third-order valence-electron chi connectivity index (χ3n) is 5.92. The highest BCUT2D eigenvalue weighted by Gasteiger charge is 2.30. The van der Waals surface area contributed by atoms with Crippen LogP contribution in [-0.2, 0) is 27.7 Å². The van der Waals surface area contributed by atoms with Gasteiger partial charge in [0.05, 0.1) is 9.77 Å². The maximum Gasteiger partial charge on any atom is 0.261 e. The molecule has 4 rings (SSSR count). The zero-order valence-corrected chi connectivity index (χ0v) is 19.0. The number of carbonyl (C=O) groups excluding carboxylic acids is 2. The van der Waals surface area contributed by atoms with Gasteiger partial charge in [-0.25, -0.2) is 8.42 Å². The molecule has 0 saturated carbocycles. The van der Waals surface area contributed by atoms with Crippen LogP contribution in [0.4, 0.5) is 0 Å². The van der Waals surface area contributed by atoms with Gasteiger partial charge in [-0.05, 0) is 60.4 Å². The molecule has 0 radical (unpaired) electrons. The summed E-state index contributed by atoms with van der Waals surface area (Å²) in [7, 11) is -3.56. The molecule has 9 heteroatoms. The molecule has 1 aliphatic carbocycles. The molecule has 2 aliphatic rings. The normalized spacial score (nSPS) is 17.2. The average Bonchev–Trinajstić information content (AvgIpc) is 3.34. The van der Waals surface area contributed by atoms with Crippen molar-refractivity contribution >= 4 is 33.2 Å². The number of sulfonamides is 1. The van der Waals surface area contributed by atoms with Gasteiger partial charge < -0.3 is 10.2 Å². The van der Waals surface area contributed by atoms with Crippen LogP contribution in [0, 0.1) is 0 Å². The van der Waals surface area contributed by atoms with Gasteiger partial charge in [0, 0.05) is 39.1 Å². The van der Waals surface area contributed by atoms with Gasteiger partial charge in [-0.15, -0.1) is 11.3 Å². The lowest BCUT2D eigenvalue weighted by molar-refractivity contribution is -0.132. The van der Waals surface area contributed by atoms with Crippen molar-refractivity contribution in [2.75, 3.05) is 32.7 Å². The van der Waals surface area contributed by atoms with E-state index in [1.807, 2.05) is 23.6 Å². The van der Waals surface area contributed by atoms with E-state index in [4.69, 9.17) is 0 Å².